The molecule has 0 aliphatic carbocycles. The third-order valence-corrected chi connectivity index (χ3v) is 1.60. The molecule has 4 nitrogen and oxygen atoms in total. The van der Waals surface area contributed by atoms with Crippen LogP contribution in [0.25, 0.3) is 0 Å². The van der Waals surface area contributed by atoms with Crippen molar-refractivity contribution in [3.05, 3.63) is 12.7 Å². The highest BCUT2D eigenvalue weighted by atomic mass is 16.8. The van der Waals surface area contributed by atoms with Gasteiger partial charge in [-0.15, -0.1) is 6.58 Å². The zero-order valence-electron chi connectivity index (χ0n) is 7.11. The molecule has 2 atom stereocenters. The Balaban J connectivity index is 2.76. The lowest BCUT2D eigenvalue weighted by molar-refractivity contribution is -0.165. The highest BCUT2D eigenvalue weighted by Gasteiger charge is 2.43. The van der Waals surface area contributed by atoms with Crippen molar-refractivity contribution in [3.63, 3.8) is 0 Å². The second-order valence-electron chi connectivity index (χ2n) is 3.09. The van der Waals surface area contributed by atoms with Crippen LogP contribution in [-0.2, 0) is 14.3 Å². The fourth-order valence-electron chi connectivity index (χ4n) is 1.15. The number of rotatable bonds is 2. The molecule has 2 unspecified atom stereocenters. The van der Waals surface area contributed by atoms with Crippen LogP contribution in [0.3, 0.4) is 0 Å². The van der Waals surface area contributed by atoms with Crippen LogP contribution in [0.4, 0.5) is 0 Å². The van der Waals surface area contributed by atoms with E-state index >= 15 is 0 Å². The Labute approximate surface area is 70.8 Å². The minimum atomic E-state index is -1.02. The zero-order valence-corrected chi connectivity index (χ0v) is 7.11. The lowest BCUT2D eigenvalue weighted by atomic mass is 10.2. The van der Waals surface area contributed by atoms with E-state index in [4.69, 9.17) is 14.6 Å². The molecule has 0 bridgehead atoms. The van der Waals surface area contributed by atoms with Gasteiger partial charge < -0.3 is 14.6 Å². The smallest absolute Gasteiger partial charge is 0.336 e. The summed E-state index contributed by atoms with van der Waals surface area (Å²) in [4.78, 5) is 10.6. The van der Waals surface area contributed by atoms with Gasteiger partial charge >= 0.3 is 5.97 Å². The number of carbonyl (C=O) groups is 1. The van der Waals surface area contributed by atoms with Gasteiger partial charge in [-0.2, -0.15) is 0 Å². The summed E-state index contributed by atoms with van der Waals surface area (Å²) in [5.74, 6) is -1.85. The molecule has 68 valence electrons. The van der Waals surface area contributed by atoms with Gasteiger partial charge in [0.1, 0.15) is 6.10 Å². The predicted octanol–water partition coefficient (Wildman–Crippen LogP) is 0.777. The Bertz CT molecular complexity index is 209. The first kappa shape index (κ1) is 9.22. The number of aliphatic carboxylic acids is 1. The number of carboxylic acids is 1. The Morgan fingerprint density at radius 3 is 2.50 bits per heavy atom. The molecule has 1 aliphatic rings. The maximum absolute atomic E-state index is 10.6. The molecule has 0 radical (unpaired) electrons. The van der Waals surface area contributed by atoms with Crippen molar-refractivity contribution >= 4 is 5.97 Å². The Morgan fingerprint density at radius 1 is 1.58 bits per heavy atom. The van der Waals surface area contributed by atoms with Gasteiger partial charge in [0.15, 0.2) is 11.9 Å². The first-order valence-corrected chi connectivity index (χ1v) is 3.67. The van der Waals surface area contributed by atoms with Crippen molar-refractivity contribution in [1.82, 2.24) is 0 Å². The molecule has 1 saturated heterocycles. The third-order valence-electron chi connectivity index (χ3n) is 1.60. The summed E-state index contributed by atoms with van der Waals surface area (Å²) in [7, 11) is 0. The van der Waals surface area contributed by atoms with Gasteiger partial charge in [-0.1, -0.05) is 6.08 Å². The molecule has 0 spiro atoms. The van der Waals surface area contributed by atoms with E-state index in [0.29, 0.717) is 0 Å². The molecule has 1 heterocycles. The summed E-state index contributed by atoms with van der Waals surface area (Å²) in [6.07, 6.45) is -0.0527. The van der Waals surface area contributed by atoms with Gasteiger partial charge in [0.25, 0.3) is 0 Å². The quantitative estimate of drug-likeness (QED) is 0.625. The summed E-state index contributed by atoms with van der Waals surface area (Å²) < 4.78 is 10.4. The van der Waals surface area contributed by atoms with Crippen LogP contribution >= 0.6 is 0 Å². The topological polar surface area (TPSA) is 55.8 Å². The summed E-state index contributed by atoms with van der Waals surface area (Å²) >= 11 is 0. The lowest BCUT2D eigenvalue weighted by Gasteiger charge is -2.15. The van der Waals surface area contributed by atoms with E-state index < -0.39 is 24.0 Å². The van der Waals surface area contributed by atoms with E-state index in [1.54, 1.807) is 13.8 Å². The van der Waals surface area contributed by atoms with Gasteiger partial charge in [0.2, 0.25) is 0 Å². The van der Waals surface area contributed by atoms with Crippen LogP contribution in [0, 0.1) is 0 Å². The van der Waals surface area contributed by atoms with E-state index in [9.17, 15) is 4.79 Å². The van der Waals surface area contributed by atoms with E-state index in [1.807, 2.05) is 0 Å². The molecule has 4 heteroatoms. The van der Waals surface area contributed by atoms with Crippen LogP contribution in [-0.4, -0.2) is 29.1 Å². The average Bonchev–Trinajstić information content (AvgIpc) is 2.25. The monoisotopic (exact) mass is 172 g/mol. The van der Waals surface area contributed by atoms with Crippen LogP contribution in [0.5, 0.6) is 0 Å². The SMILES string of the molecule is C=CC1OC(C)(C)OC1C(=O)O. The molecule has 1 fully saturated rings. The third kappa shape index (κ3) is 1.65. The first-order chi connectivity index (χ1) is 5.46. The van der Waals surface area contributed by atoms with Crippen LogP contribution in [0.15, 0.2) is 12.7 Å². The number of hydrogen-bond acceptors (Lipinski definition) is 3. The molecule has 0 aromatic heterocycles. The van der Waals surface area contributed by atoms with Crippen LogP contribution in [0.2, 0.25) is 0 Å². The summed E-state index contributed by atoms with van der Waals surface area (Å²) in [6.45, 7) is 6.82. The van der Waals surface area contributed by atoms with Gasteiger partial charge in [-0.3, -0.25) is 0 Å². The van der Waals surface area contributed by atoms with E-state index in [2.05, 4.69) is 6.58 Å². The maximum Gasteiger partial charge on any atom is 0.336 e. The van der Waals surface area contributed by atoms with Crippen molar-refractivity contribution in [1.29, 1.82) is 0 Å². The van der Waals surface area contributed by atoms with Crippen molar-refractivity contribution in [3.8, 4) is 0 Å². The summed E-state index contributed by atoms with van der Waals surface area (Å²) in [5.41, 5.74) is 0. The van der Waals surface area contributed by atoms with Gasteiger partial charge in [0, 0.05) is 0 Å². The zero-order chi connectivity index (χ0) is 9.35. The molecule has 0 aromatic carbocycles. The molecule has 1 N–H and O–H groups in total. The Kier molecular flexibility index (Phi) is 2.21. The van der Waals surface area contributed by atoms with Gasteiger partial charge in [-0.25, -0.2) is 4.79 Å². The molecular formula is C8H12O4. The van der Waals surface area contributed by atoms with Crippen LogP contribution < -0.4 is 0 Å². The summed E-state index contributed by atoms with van der Waals surface area (Å²) in [6, 6.07) is 0. The standard InChI is InChI=1S/C8H12O4/c1-4-5-6(7(9)10)12-8(2,3)11-5/h4-6H,1H2,2-3H3,(H,9,10). The molecule has 0 amide bonds. The normalized spacial score (nSPS) is 33.2. The Morgan fingerprint density at radius 2 is 2.17 bits per heavy atom. The van der Waals surface area contributed by atoms with Crippen molar-refractivity contribution in [2.45, 2.75) is 31.8 Å². The first-order valence-electron chi connectivity index (χ1n) is 3.67. The van der Waals surface area contributed by atoms with Crippen molar-refractivity contribution in [2.24, 2.45) is 0 Å². The fraction of sp³-hybridized carbons (Fsp3) is 0.625. The minimum Gasteiger partial charge on any atom is -0.479 e. The molecular weight excluding hydrogens is 160 g/mol. The number of ether oxygens (including phenoxy) is 2. The molecule has 0 aromatic rings. The number of carboxylic acid groups (broad SMARTS) is 1. The maximum atomic E-state index is 10.6. The second-order valence-corrected chi connectivity index (χ2v) is 3.09. The summed E-state index contributed by atoms with van der Waals surface area (Å²) in [5, 5.41) is 8.69. The Hall–Kier alpha value is -0.870. The van der Waals surface area contributed by atoms with Gasteiger partial charge in [-0.05, 0) is 13.8 Å². The predicted molar refractivity (Wildman–Crippen MR) is 41.7 cm³/mol. The minimum absolute atomic E-state index is 0.558. The average molecular weight is 172 g/mol. The lowest BCUT2D eigenvalue weighted by Crippen LogP contribution is -2.29. The van der Waals surface area contributed by atoms with Crippen molar-refractivity contribution < 1.29 is 19.4 Å². The van der Waals surface area contributed by atoms with E-state index in [1.165, 1.54) is 6.08 Å². The largest absolute Gasteiger partial charge is 0.479 e. The van der Waals surface area contributed by atoms with Crippen molar-refractivity contribution in [2.75, 3.05) is 0 Å². The highest BCUT2D eigenvalue weighted by Crippen LogP contribution is 2.28. The van der Waals surface area contributed by atoms with E-state index in [0.717, 1.165) is 0 Å². The molecule has 1 aliphatic heterocycles. The molecule has 12 heavy (non-hydrogen) atoms. The van der Waals surface area contributed by atoms with Gasteiger partial charge in [0.05, 0.1) is 0 Å². The van der Waals surface area contributed by atoms with Crippen LogP contribution in [0.1, 0.15) is 13.8 Å². The second kappa shape index (κ2) is 2.88. The molecule has 0 saturated carbocycles. The van der Waals surface area contributed by atoms with E-state index in [-0.39, 0.29) is 0 Å². The number of hydrogen-bond donors (Lipinski definition) is 1. The highest BCUT2D eigenvalue weighted by molar-refractivity contribution is 5.73. The fourth-order valence-corrected chi connectivity index (χ4v) is 1.15. The molecule has 1 rings (SSSR count).